The lowest BCUT2D eigenvalue weighted by Crippen LogP contribution is -2.33. The number of nitrogens with one attached hydrogen (secondary N) is 1. The molecule has 1 amide bonds. The van der Waals surface area contributed by atoms with E-state index < -0.39 is 0 Å². The predicted molar refractivity (Wildman–Crippen MR) is 107 cm³/mol. The second-order valence-electron chi connectivity index (χ2n) is 6.72. The number of hydrogen-bond acceptors (Lipinski definition) is 4. The molecule has 0 aromatic heterocycles. The number of nitrogens with zero attached hydrogens (tertiary/aromatic N) is 1. The minimum Gasteiger partial charge on any atom is -0.490 e. The number of benzene rings is 1. The molecule has 0 aliphatic heterocycles. The third-order valence-electron chi connectivity index (χ3n) is 4.59. The highest BCUT2D eigenvalue weighted by Crippen LogP contribution is 2.38. The van der Waals surface area contributed by atoms with Gasteiger partial charge in [0.25, 0.3) is 5.91 Å². The Labute approximate surface area is 166 Å². The van der Waals surface area contributed by atoms with Crippen LogP contribution in [0.15, 0.2) is 17.7 Å². The maximum atomic E-state index is 12.4. The lowest BCUT2D eigenvalue weighted by Gasteiger charge is -2.18. The number of amides is 1. The molecule has 0 bridgehead atoms. The van der Waals surface area contributed by atoms with Crippen molar-refractivity contribution in [1.82, 2.24) is 5.32 Å². The summed E-state index contributed by atoms with van der Waals surface area (Å²) in [5.74, 6) is 0.641. The Hall–Kier alpha value is -2.19. The highest BCUT2D eigenvalue weighted by atomic mass is 35.5. The zero-order valence-corrected chi connectivity index (χ0v) is 16.9. The third-order valence-corrected chi connectivity index (χ3v) is 4.87. The topological polar surface area (TPSA) is 71.3 Å². The van der Waals surface area contributed by atoms with Gasteiger partial charge in [0, 0.05) is 6.04 Å². The molecule has 1 atom stereocenters. The molecule has 1 N–H and O–H groups in total. The first kappa shape index (κ1) is 21.1. The Bertz CT molecular complexity index is 734. The largest absolute Gasteiger partial charge is 0.490 e. The summed E-state index contributed by atoms with van der Waals surface area (Å²) in [5, 5.41) is 12.7. The lowest BCUT2D eigenvalue weighted by atomic mass is 10.1. The zero-order chi connectivity index (χ0) is 19.8. The van der Waals surface area contributed by atoms with Crippen LogP contribution in [0.1, 0.15) is 58.4 Å². The van der Waals surface area contributed by atoms with Gasteiger partial charge in [0.15, 0.2) is 11.5 Å². The Kier molecular flexibility index (Phi) is 7.99. The standard InChI is InChI=1S/C21H27ClN2O3/c1-4-14(3)27-20-18(22)11-15(12-19(20)26-5-2)10-16(13-23)21(25)24-17-8-6-7-9-17/h10-12,14,17H,4-9H2,1-3H3,(H,24,25)/b16-10-/t14-/m0/s1. The minimum absolute atomic E-state index is 0.00467. The molecule has 0 heterocycles. The summed E-state index contributed by atoms with van der Waals surface area (Å²) in [7, 11) is 0. The van der Waals surface area contributed by atoms with E-state index in [9.17, 15) is 10.1 Å². The Morgan fingerprint density at radius 3 is 2.70 bits per heavy atom. The normalized spacial score (nSPS) is 15.9. The maximum absolute atomic E-state index is 12.4. The summed E-state index contributed by atoms with van der Waals surface area (Å²) in [6, 6.07) is 5.57. The highest BCUT2D eigenvalue weighted by Gasteiger charge is 2.20. The maximum Gasteiger partial charge on any atom is 0.262 e. The molecule has 1 aromatic carbocycles. The number of nitriles is 1. The Morgan fingerprint density at radius 2 is 2.11 bits per heavy atom. The summed E-state index contributed by atoms with van der Waals surface area (Å²) in [6.45, 7) is 6.31. The predicted octanol–water partition coefficient (Wildman–Crippen LogP) is 4.88. The first-order chi connectivity index (χ1) is 13.0. The number of rotatable bonds is 8. The summed E-state index contributed by atoms with van der Waals surface area (Å²) >= 11 is 6.40. The van der Waals surface area contributed by atoms with Crippen LogP contribution in [0.3, 0.4) is 0 Å². The van der Waals surface area contributed by atoms with E-state index in [4.69, 9.17) is 21.1 Å². The van der Waals surface area contributed by atoms with Gasteiger partial charge in [0.05, 0.1) is 17.7 Å². The summed E-state index contributed by atoms with van der Waals surface area (Å²) in [5.41, 5.74) is 0.675. The SMILES string of the molecule is CCOc1cc(/C=C(/C#N)C(=O)NC2CCCC2)cc(Cl)c1O[C@@H](C)CC. The molecule has 0 radical (unpaired) electrons. The highest BCUT2D eigenvalue weighted by molar-refractivity contribution is 6.32. The number of halogens is 1. The molecule has 146 valence electrons. The average Bonchev–Trinajstić information content (AvgIpc) is 3.15. The van der Waals surface area contributed by atoms with Crippen molar-refractivity contribution in [3.8, 4) is 17.6 Å². The molecule has 1 saturated carbocycles. The minimum atomic E-state index is -0.349. The van der Waals surface area contributed by atoms with Crippen molar-refractivity contribution >= 4 is 23.6 Å². The number of carbonyl (C=O) groups is 1. The first-order valence-corrected chi connectivity index (χ1v) is 9.91. The smallest absolute Gasteiger partial charge is 0.262 e. The molecule has 6 heteroatoms. The van der Waals surface area contributed by atoms with Crippen LogP contribution in [0, 0.1) is 11.3 Å². The van der Waals surface area contributed by atoms with Crippen LogP contribution >= 0.6 is 11.6 Å². The summed E-state index contributed by atoms with van der Waals surface area (Å²) < 4.78 is 11.5. The van der Waals surface area contributed by atoms with E-state index in [0.717, 1.165) is 32.1 Å². The van der Waals surface area contributed by atoms with Crippen molar-refractivity contribution in [3.63, 3.8) is 0 Å². The molecule has 5 nitrogen and oxygen atoms in total. The van der Waals surface area contributed by atoms with Crippen molar-refractivity contribution in [3.05, 3.63) is 28.3 Å². The monoisotopic (exact) mass is 390 g/mol. The van der Waals surface area contributed by atoms with E-state index in [0.29, 0.717) is 28.7 Å². The van der Waals surface area contributed by atoms with E-state index in [-0.39, 0.29) is 23.6 Å². The van der Waals surface area contributed by atoms with Gasteiger partial charge >= 0.3 is 0 Å². The molecule has 1 aromatic rings. The Morgan fingerprint density at radius 1 is 1.41 bits per heavy atom. The number of hydrogen-bond donors (Lipinski definition) is 1. The quantitative estimate of drug-likeness (QED) is 0.507. The van der Waals surface area contributed by atoms with Gasteiger partial charge < -0.3 is 14.8 Å². The molecular weight excluding hydrogens is 364 g/mol. The second-order valence-corrected chi connectivity index (χ2v) is 7.13. The van der Waals surface area contributed by atoms with Gasteiger partial charge in [-0.25, -0.2) is 0 Å². The van der Waals surface area contributed by atoms with Crippen LogP contribution in [0.2, 0.25) is 5.02 Å². The second kappa shape index (κ2) is 10.2. The van der Waals surface area contributed by atoms with Crippen molar-refractivity contribution in [2.75, 3.05) is 6.61 Å². The number of ether oxygens (including phenoxy) is 2. The molecule has 1 aliphatic rings. The Balaban J connectivity index is 2.28. The molecule has 2 rings (SSSR count). The molecule has 1 aliphatic carbocycles. The molecule has 0 unspecified atom stereocenters. The van der Waals surface area contributed by atoms with Crippen LogP contribution in [0.25, 0.3) is 6.08 Å². The van der Waals surface area contributed by atoms with Gasteiger partial charge in [-0.05, 0) is 56.9 Å². The molecule has 0 spiro atoms. The summed E-state index contributed by atoms with van der Waals surface area (Å²) in [4.78, 5) is 12.4. The zero-order valence-electron chi connectivity index (χ0n) is 16.2. The van der Waals surface area contributed by atoms with Gasteiger partial charge in [-0.15, -0.1) is 0 Å². The summed E-state index contributed by atoms with van der Waals surface area (Å²) in [6.07, 6.45) is 6.52. The van der Waals surface area contributed by atoms with Crippen molar-refractivity contribution in [1.29, 1.82) is 5.26 Å². The van der Waals surface area contributed by atoms with Crippen molar-refractivity contribution in [2.45, 2.75) is 65.0 Å². The lowest BCUT2D eigenvalue weighted by molar-refractivity contribution is -0.117. The number of carbonyl (C=O) groups excluding carboxylic acids is 1. The van der Waals surface area contributed by atoms with Crippen LogP contribution in [0.4, 0.5) is 0 Å². The van der Waals surface area contributed by atoms with E-state index in [1.165, 1.54) is 6.08 Å². The molecule has 27 heavy (non-hydrogen) atoms. The van der Waals surface area contributed by atoms with E-state index in [1.807, 2.05) is 26.8 Å². The molecular formula is C21H27ClN2O3. The van der Waals surface area contributed by atoms with Crippen LogP contribution < -0.4 is 14.8 Å². The van der Waals surface area contributed by atoms with Gasteiger partial charge in [-0.3, -0.25) is 4.79 Å². The average molecular weight is 391 g/mol. The van der Waals surface area contributed by atoms with E-state index in [2.05, 4.69) is 5.32 Å². The first-order valence-electron chi connectivity index (χ1n) is 9.54. The van der Waals surface area contributed by atoms with Gasteiger partial charge in [-0.1, -0.05) is 31.4 Å². The van der Waals surface area contributed by atoms with Crippen LogP contribution in [-0.2, 0) is 4.79 Å². The third kappa shape index (κ3) is 5.90. The van der Waals surface area contributed by atoms with Crippen LogP contribution in [0.5, 0.6) is 11.5 Å². The van der Waals surface area contributed by atoms with E-state index >= 15 is 0 Å². The molecule has 1 fully saturated rings. The van der Waals surface area contributed by atoms with Gasteiger partial charge in [-0.2, -0.15) is 5.26 Å². The van der Waals surface area contributed by atoms with Gasteiger partial charge in [0.2, 0.25) is 0 Å². The van der Waals surface area contributed by atoms with Gasteiger partial charge in [0.1, 0.15) is 11.6 Å². The van der Waals surface area contributed by atoms with Crippen molar-refractivity contribution < 1.29 is 14.3 Å². The fourth-order valence-electron chi connectivity index (χ4n) is 2.98. The van der Waals surface area contributed by atoms with Crippen molar-refractivity contribution in [2.24, 2.45) is 0 Å². The fourth-order valence-corrected chi connectivity index (χ4v) is 3.25. The molecule has 0 saturated heterocycles. The van der Waals surface area contributed by atoms with E-state index in [1.54, 1.807) is 12.1 Å². The van der Waals surface area contributed by atoms with Crippen LogP contribution in [-0.4, -0.2) is 24.7 Å². The fraction of sp³-hybridized carbons (Fsp3) is 0.524.